The lowest BCUT2D eigenvalue weighted by Gasteiger charge is -2.09. The smallest absolute Gasteiger partial charge is 0.243 e. The molecule has 1 amide bonds. The van der Waals surface area contributed by atoms with Crippen LogP contribution in [0.1, 0.15) is 13.3 Å². The minimum atomic E-state index is -3.80. The number of nitrogens with two attached hydrogens (primary N) is 1. The second-order valence-electron chi connectivity index (χ2n) is 3.86. The summed E-state index contributed by atoms with van der Waals surface area (Å²) in [4.78, 5) is 11.3. The van der Waals surface area contributed by atoms with Crippen LogP contribution in [0.4, 0.5) is 5.69 Å². The van der Waals surface area contributed by atoms with E-state index < -0.39 is 10.0 Å². The zero-order valence-corrected chi connectivity index (χ0v) is 12.8. The predicted molar refractivity (Wildman–Crippen MR) is 77.0 cm³/mol. The van der Waals surface area contributed by atoms with Crippen LogP contribution in [0.25, 0.3) is 0 Å². The number of nitrogen functional groups attached to an aromatic ring is 1. The van der Waals surface area contributed by atoms with Gasteiger partial charge in [-0.3, -0.25) is 4.79 Å². The molecule has 0 saturated heterocycles. The Morgan fingerprint density at radius 2 is 2.11 bits per heavy atom. The van der Waals surface area contributed by atoms with Gasteiger partial charge < -0.3 is 11.1 Å². The summed E-state index contributed by atoms with van der Waals surface area (Å²) >= 11 is 3.18. The molecule has 8 heteroatoms. The Morgan fingerprint density at radius 1 is 1.42 bits per heavy atom. The number of halogens is 1. The van der Waals surface area contributed by atoms with E-state index in [1.165, 1.54) is 12.1 Å². The van der Waals surface area contributed by atoms with E-state index in [-0.39, 0.29) is 23.0 Å². The summed E-state index contributed by atoms with van der Waals surface area (Å²) in [5.41, 5.74) is 5.75. The van der Waals surface area contributed by atoms with Crippen molar-refractivity contribution in [2.45, 2.75) is 18.2 Å². The summed E-state index contributed by atoms with van der Waals surface area (Å²) in [6.07, 6.45) is 0.789. The molecular weight excluding hydrogens is 334 g/mol. The molecule has 19 heavy (non-hydrogen) atoms. The summed E-state index contributed by atoms with van der Waals surface area (Å²) in [6, 6.07) is 4.51. The average molecular weight is 350 g/mol. The van der Waals surface area contributed by atoms with Gasteiger partial charge in [0.15, 0.2) is 0 Å². The molecule has 0 bridgehead atoms. The molecule has 1 aromatic rings. The molecular formula is C11H16BrN3O3S. The van der Waals surface area contributed by atoms with Gasteiger partial charge in [0.1, 0.15) is 4.90 Å². The predicted octanol–water partition coefficient (Wildman–Crippen LogP) is 0.836. The molecule has 0 heterocycles. The molecule has 1 rings (SSSR count). The Labute approximate surface area is 120 Å². The number of amides is 1. The second kappa shape index (κ2) is 6.88. The lowest BCUT2D eigenvalue weighted by atomic mass is 10.3. The normalized spacial score (nSPS) is 11.3. The molecule has 0 radical (unpaired) electrons. The van der Waals surface area contributed by atoms with Gasteiger partial charge in [0, 0.05) is 11.0 Å². The average Bonchev–Trinajstić information content (AvgIpc) is 2.36. The number of hydrogen-bond acceptors (Lipinski definition) is 4. The third-order valence-corrected chi connectivity index (χ3v) is 4.21. The van der Waals surface area contributed by atoms with Crippen molar-refractivity contribution in [2.24, 2.45) is 0 Å². The molecule has 0 saturated carbocycles. The first-order chi connectivity index (χ1) is 8.86. The van der Waals surface area contributed by atoms with Crippen molar-refractivity contribution >= 4 is 37.5 Å². The number of carbonyl (C=O) groups excluding carboxylic acids is 1. The quantitative estimate of drug-likeness (QED) is 0.662. The Morgan fingerprint density at radius 3 is 2.74 bits per heavy atom. The van der Waals surface area contributed by atoms with Gasteiger partial charge in [-0.05, 0) is 24.6 Å². The van der Waals surface area contributed by atoms with Crippen molar-refractivity contribution in [2.75, 3.05) is 18.8 Å². The van der Waals surface area contributed by atoms with E-state index >= 15 is 0 Å². The molecule has 106 valence electrons. The highest BCUT2D eigenvalue weighted by Gasteiger charge is 2.18. The first kappa shape index (κ1) is 15.9. The first-order valence-corrected chi connectivity index (χ1v) is 7.96. The molecule has 1 aromatic carbocycles. The van der Waals surface area contributed by atoms with E-state index in [2.05, 4.69) is 26.0 Å². The SMILES string of the molecule is CCCNC(=O)CNS(=O)(=O)c1cc(Br)ccc1N. The number of nitrogens with one attached hydrogen (secondary N) is 2. The fourth-order valence-electron chi connectivity index (χ4n) is 1.31. The number of benzene rings is 1. The van der Waals surface area contributed by atoms with Gasteiger partial charge in [-0.25, -0.2) is 13.1 Å². The van der Waals surface area contributed by atoms with Crippen molar-refractivity contribution < 1.29 is 13.2 Å². The summed E-state index contributed by atoms with van der Waals surface area (Å²) in [5.74, 6) is -0.376. The lowest BCUT2D eigenvalue weighted by molar-refractivity contribution is -0.119. The van der Waals surface area contributed by atoms with E-state index in [0.29, 0.717) is 11.0 Å². The van der Waals surface area contributed by atoms with Crippen LogP contribution in [0, 0.1) is 0 Å². The summed E-state index contributed by atoms with van der Waals surface area (Å²) in [5, 5.41) is 2.58. The maximum atomic E-state index is 12.0. The van der Waals surface area contributed by atoms with Crippen LogP contribution < -0.4 is 15.8 Å². The summed E-state index contributed by atoms with van der Waals surface area (Å²) in [7, 11) is -3.80. The van der Waals surface area contributed by atoms with Crippen LogP contribution in [0.5, 0.6) is 0 Å². The standard InChI is InChI=1S/C11H16BrN3O3S/c1-2-5-14-11(16)7-15-19(17,18)10-6-8(12)3-4-9(10)13/h3-4,6,15H,2,5,7,13H2,1H3,(H,14,16). The zero-order chi connectivity index (χ0) is 14.5. The summed E-state index contributed by atoms with van der Waals surface area (Å²) in [6.45, 7) is 2.11. The van der Waals surface area contributed by atoms with E-state index in [4.69, 9.17) is 5.73 Å². The van der Waals surface area contributed by atoms with Crippen molar-refractivity contribution in [3.63, 3.8) is 0 Å². The van der Waals surface area contributed by atoms with E-state index in [1.54, 1.807) is 6.07 Å². The second-order valence-corrected chi connectivity index (χ2v) is 6.51. The minimum Gasteiger partial charge on any atom is -0.398 e. The Kier molecular flexibility index (Phi) is 5.77. The number of rotatable bonds is 6. The van der Waals surface area contributed by atoms with Gasteiger partial charge in [-0.15, -0.1) is 0 Å². The van der Waals surface area contributed by atoms with Gasteiger partial charge in [0.25, 0.3) is 0 Å². The van der Waals surface area contributed by atoms with E-state index in [9.17, 15) is 13.2 Å². The van der Waals surface area contributed by atoms with E-state index in [0.717, 1.165) is 6.42 Å². The molecule has 0 aromatic heterocycles. The maximum absolute atomic E-state index is 12.0. The Hall–Kier alpha value is -1.12. The molecule has 0 spiro atoms. The fraction of sp³-hybridized carbons (Fsp3) is 0.364. The largest absolute Gasteiger partial charge is 0.398 e. The first-order valence-electron chi connectivity index (χ1n) is 5.68. The van der Waals surface area contributed by atoms with E-state index in [1.807, 2.05) is 6.92 Å². The van der Waals surface area contributed by atoms with Crippen molar-refractivity contribution in [1.29, 1.82) is 0 Å². The zero-order valence-electron chi connectivity index (χ0n) is 10.4. The topological polar surface area (TPSA) is 101 Å². The molecule has 0 atom stereocenters. The van der Waals surface area contributed by atoms with Crippen molar-refractivity contribution in [3.05, 3.63) is 22.7 Å². The highest BCUT2D eigenvalue weighted by atomic mass is 79.9. The Balaban J connectivity index is 2.76. The monoisotopic (exact) mass is 349 g/mol. The molecule has 0 fully saturated rings. The highest BCUT2D eigenvalue weighted by Crippen LogP contribution is 2.22. The molecule has 0 aliphatic rings. The third-order valence-electron chi connectivity index (χ3n) is 2.26. The maximum Gasteiger partial charge on any atom is 0.243 e. The van der Waals surface area contributed by atoms with Gasteiger partial charge in [-0.1, -0.05) is 22.9 Å². The van der Waals surface area contributed by atoms with Crippen LogP contribution in [0.2, 0.25) is 0 Å². The molecule has 4 N–H and O–H groups in total. The summed E-state index contributed by atoms with van der Waals surface area (Å²) < 4.78 is 26.8. The van der Waals surface area contributed by atoms with Crippen LogP contribution in [0.3, 0.4) is 0 Å². The van der Waals surface area contributed by atoms with Crippen LogP contribution >= 0.6 is 15.9 Å². The third kappa shape index (κ3) is 4.81. The fourth-order valence-corrected chi connectivity index (χ4v) is 2.96. The van der Waals surface area contributed by atoms with Gasteiger partial charge in [0.05, 0.1) is 12.2 Å². The van der Waals surface area contributed by atoms with Crippen LogP contribution in [-0.2, 0) is 14.8 Å². The lowest BCUT2D eigenvalue weighted by Crippen LogP contribution is -2.37. The number of anilines is 1. The molecule has 0 aliphatic heterocycles. The van der Waals surface area contributed by atoms with Crippen molar-refractivity contribution in [1.82, 2.24) is 10.0 Å². The Bertz CT molecular complexity index is 560. The molecule has 0 aliphatic carbocycles. The van der Waals surface area contributed by atoms with Gasteiger partial charge in [0.2, 0.25) is 15.9 Å². The van der Waals surface area contributed by atoms with Crippen LogP contribution in [0.15, 0.2) is 27.6 Å². The molecule has 0 unspecified atom stereocenters. The number of carbonyl (C=O) groups is 1. The minimum absolute atomic E-state index is 0.0508. The number of sulfonamides is 1. The van der Waals surface area contributed by atoms with Crippen molar-refractivity contribution in [3.8, 4) is 0 Å². The molecule has 6 nitrogen and oxygen atoms in total. The number of hydrogen-bond donors (Lipinski definition) is 3. The van der Waals surface area contributed by atoms with Gasteiger partial charge >= 0.3 is 0 Å². The van der Waals surface area contributed by atoms with Crippen LogP contribution in [-0.4, -0.2) is 27.4 Å². The highest BCUT2D eigenvalue weighted by molar-refractivity contribution is 9.10. The van der Waals surface area contributed by atoms with Gasteiger partial charge in [-0.2, -0.15) is 0 Å².